The fraction of sp³-hybridized carbons (Fsp3) is 0.152. The van der Waals surface area contributed by atoms with Gasteiger partial charge in [-0.1, -0.05) is 65.2 Å². The maximum Gasteiger partial charge on any atom is 0.274 e. The Morgan fingerprint density at radius 1 is 0.955 bits per heavy atom. The average molecular weight is 602 g/mol. The number of fused-ring (bicyclic) bond motifs is 3. The molecule has 0 saturated heterocycles. The van der Waals surface area contributed by atoms with Crippen molar-refractivity contribution in [3.63, 3.8) is 0 Å². The summed E-state index contributed by atoms with van der Waals surface area (Å²) in [6, 6.07) is 27.2. The van der Waals surface area contributed by atoms with E-state index in [2.05, 4.69) is 30.8 Å². The van der Waals surface area contributed by atoms with Gasteiger partial charge in [-0.05, 0) is 63.5 Å². The number of hydrogen-bond donors (Lipinski definition) is 2. The van der Waals surface area contributed by atoms with Crippen LogP contribution in [0.4, 0.5) is 0 Å². The highest BCUT2D eigenvalue weighted by atomic mass is 35.5. The van der Waals surface area contributed by atoms with Crippen LogP contribution in [0, 0.1) is 0 Å². The van der Waals surface area contributed by atoms with E-state index in [0.717, 1.165) is 40.7 Å². The van der Waals surface area contributed by atoms with Crippen LogP contribution in [0.1, 0.15) is 28.1 Å². The average Bonchev–Trinajstić information content (AvgIpc) is 3.72. The van der Waals surface area contributed by atoms with E-state index in [9.17, 15) is 5.11 Å². The van der Waals surface area contributed by atoms with Gasteiger partial charge in [0.15, 0.2) is 5.60 Å². The molecule has 4 aromatic heterocycles. The first-order chi connectivity index (χ1) is 21.5. The molecule has 4 heterocycles. The zero-order valence-corrected chi connectivity index (χ0v) is 24.6. The van der Waals surface area contributed by atoms with E-state index in [4.69, 9.17) is 16.6 Å². The van der Waals surface area contributed by atoms with Gasteiger partial charge >= 0.3 is 0 Å². The topological polar surface area (TPSA) is 119 Å². The molecule has 1 unspecified atom stereocenters. The number of aromatic nitrogens is 8. The molecule has 3 aromatic carbocycles. The van der Waals surface area contributed by atoms with Crippen LogP contribution in [0.15, 0.2) is 104 Å². The van der Waals surface area contributed by atoms with E-state index >= 15 is 0 Å². The smallest absolute Gasteiger partial charge is 0.274 e. The number of hydrogen-bond acceptors (Lipinski definition) is 8. The van der Waals surface area contributed by atoms with Crippen molar-refractivity contribution in [1.29, 1.82) is 0 Å². The Morgan fingerprint density at radius 2 is 1.82 bits per heavy atom. The van der Waals surface area contributed by atoms with E-state index < -0.39 is 5.60 Å². The molecule has 44 heavy (non-hydrogen) atoms. The highest BCUT2D eigenvalue weighted by Gasteiger charge is 2.37. The van der Waals surface area contributed by atoms with Crippen molar-refractivity contribution >= 4 is 28.3 Å². The van der Waals surface area contributed by atoms with Gasteiger partial charge in [-0.3, -0.25) is 4.98 Å². The fourth-order valence-corrected chi connectivity index (χ4v) is 5.78. The predicted octanol–water partition coefficient (Wildman–Crippen LogP) is 4.74. The molecule has 0 amide bonds. The van der Waals surface area contributed by atoms with Crippen LogP contribution >= 0.6 is 11.6 Å². The van der Waals surface area contributed by atoms with Crippen LogP contribution in [0.5, 0.6) is 0 Å². The lowest BCUT2D eigenvalue weighted by molar-refractivity contribution is 0.117. The highest BCUT2D eigenvalue weighted by molar-refractivity contribution is 6.30. The largest absolute Gasteiger partial charge is 0.374 e. The molecule has 11 heteroatoms. The Kier molecular flexibility index (Phi) is 7.31. The molecule has 7 aromatic rings. The van der Waals surface area contributed by atoms with Crippen molar-refractivity contribution in [2.75, 3.05) is 6.54 Å². The van der Waals surface area contributed by atoms with Crippen LogP contribution in [0.2, 0.25) is 5.02 Å². The monoisotopic (exact) mass is 601 g/mol. The maximum absolute atomic E-state index is 12.7. The lowest BCUT2D eigenvalue weighted by Crippen LogP contribution is -2.31. The molecule has 218 valence electrons. The zero-order chi connectivity index (χ0) is 30.1. The minimum Gasteiger partial charge on any atom is -0.374 e. The lowest BCUT2D eigenvalue weighted by Gasteiger charge is -2.30. The van der Waals surface area contributed by atoms with Crippen molar-refractivity contribution in [2.45, 2.75) is 18.6 Å². The second-order valence-corrected chi connectivity index (χ2v) is 11.1. The van der Waals surface area contributed by atoms with Crippen LogP contribution in [0.3, 0.4) is 0 Å². The molecule has 10 nitrogen and oxygen atoms in total. The Morgan fingerprint density at radius 3 is 2.59 bits per heavy atom. The summed E-state index contributed by atoms with van der Waals surface area (Å²) in [6.07, 6.45) is 6.04. The van der Waals surface area contributed by atoms with Gasteiger partial charge < -0.3 is 15.0 Å². The van der Waals surface area contributed by atoms with Crippen molar-refractivity contribution in [1.82, 2.24) is 44.9 Å². The van der Waals surface area contributed by atoms with Crippen LogP contribution < -0.4 is 5.32 Å². The van der Waals surface area contributed by atoms with Gasteiger partial charge in [-0.25, -0.2) is 9.97 Å². The van der Waals surface area contributed by atoms with Gasteiger partial charge in [0.1, 0.15) is 0 Å². The minimum absolute atomic E-state index is 0.367. The second kappa shape index (κ2) is 11.6. The predicted molar refractivity (Wildman–Crippen MR) is 168 cm³/mol. The van der Waals surface area contributed by atoms with Crippen LogP contribution in [-0.4, -0.2) is 51.2 Å². The van der Waals surface area contributed by atoms with Gasteiger partial charge in [0.25, 0.3) is 5.78 Å². The molecule has 0 fully saturated rings. The summed E-state index contributed by atoms with van der Waals surface area (Å²) in [6.45, 7) is 1.51. The summed E-state index contributed by atoms with van der Waals surface area (Å²) < 4.78 is 3.42. The Labute approximate surface area is 258 Å². The molecule has 0 bridgehead atoms. The maximum atomic E-state index is 12.7. The molecular weight excluding hydrogens is 574 g/mol. The quantitative estimate of drug-likeness (QED) is 0.228. The summed E-state index contributed by atoms with van der Waals surface area (Å²) in [5, 5.41) is 29.6. The summed E-state index contributed by atoms with van der Waals surface area (Å²) in [5.74, 6) is 0.367. The van der Waals surface area contributed by atoms with Crippen molar-refractivity contribution in [3.05, 3.63) is 137 Å². The normalized spacial score (nSPS) is 13.0. The summed E-state index contributed by atoms with van der Waals surface area (Å²) in [5.41, 5.74) is 4.84. The zero-order valence-electron chi connectivity index (χ0n) is 23.8. The van der Waals surface area contributed by atoms with Crippen LogP contribution in [-0.2, 0) is 25.6 Å². The molecular formula is C33H28ClN9O. The Hall–Kier alpha value is -5.03. The Balaban J connectivity index is 1.28. The molecule has 2 N–H and O–H groups in total. The standard InChI is InChI=1S/C33H28ClN9O/c1-42-21-36-20-30(42)33(44,24-10-8-22(9-11-24)19-35-16-14-27-7-2-3-15-37-27)25-12-13-29-28(18-25)31(23-5-4-6-26(34)17-23)38-32-39-40-41-43(29)32/h2-13,15,17-18,20-21,35,44H,14,16,19H2,1H3. The third-order valence-electron chi connectivity index (χ3n) is 7.83. The number of nitrogens with zero attached hydrogens (tertiary/aromatic N) is 8. The van der Waals surface area contributed by atoms with Crippen molar-refractivity contribution in [3.8, 4) is 11.3 Å². The Bertz CT molecular complexity index is 2080. The first-order valence-corrected chi connectivity index (χ1v) is 14.6. The molecule has 0 saturated carbocycles. The number of aryl methyl sites for hydroxylation is 1. The number of imidazole rings is 1. The number of benzene rings is 3. The minimum atomic E-state index is -1.52. The summed E-state index contributed by atoms with van der Waals surface area (Å²) in [4.78, 5) is 13.5. The van der Waals surface area contributed by atoms with Gasteiger partial charge in [-0.15, -0.1) is 0 Å². The van der Waals surface area contributed by atoms with Crippen molar-refractivity contribution in [2.24, 2.45) is 7.05 Å². The molecule has 7 rings (SSSR count). The van der Waals surface area contributed by atoms with Gasteiger partial charge in [-0.2, -0.15) is 4.52 Å². The lowest BCUT2D eigenvalue weighted by atomic mass is 9.82. The highest BCUT2D eigenvalue weighted by Crippen LogP contribution is 2.39. The van der Waals surface area contributed by atoms with Gasteiger partial charge in [0.2, 0.25) is 0 Å². The van der Waals surface area contributed by atoms with Gasteiger partial charge in [0.05, 0.1) is 29.4 Å². The molecule has 1 atom stereocenters. The molecule has 0 spiro atoms. The number of nitrogens with one attached hydrogen (secondary N) is 1. The number of tetrazole rings is 1. The van der Waals surface area contributed by atoms with E-state index in [1.165, 1.54) is 0 Å². The molecule has 0 aliphatic rings. The first kappa shape index (κ1) is 27.8. The fourth-order valence-electron chi connectivity index (χ4n) is 5.59. The number of aliphatic hydroxyl groups is 1. The summed E-state index contributed by atoms with van der Waals surface area (Å²) in [7, 11) is 1.87. The molecule has 0 aliphatic heterocycles. The number of pyridine rings is 1. The summed E-state index contributed by atoms with van der Waals surface area (Å²) >= 11 is 6.36. The third kappa shape index (κ3) is 5.09. The molecule has 0 radical (unpaired) electrons. The third-order valence-corrected chi connectivity index (χ3v) is 8.07. The number of rotatable bonds is 9. The van der Waals surface area contributed by atoms with Gasteiger partial charge in [0, 0.05) is 54.4 Å². The van der Waals surface area contributed by atoms with E-state index in [1.807, 2.05) is 103 Å². The van der Waals surface area contributed by atoms with E-state index in [0.29, 0.717) is 39.9 Å². The molecule has 0 aliphatic carbocycles. The second-order valence-electron chi connectivity index (χ2n) is 10.6. The van der Waals surface area contributed by atoms with Crippen molar-refractivity contribution < 1.29 is 5.11 Å². The van der Waals surface area contributed by atoms with E-state index in [1.54, 1.807) is 17.0 Å². The SMILES string of the molecule is Cn1cncc1C(O)(c1ccc(CNCCc2ccccn2)cc1)c1ccc2c(c1)c(-c1cccc(Cl)c1)nc1nnnn12. The first-order valence-electron chi connectivity index (χ1n) is 14.2. The number of halogens is 1. The van der Waals surface area contributed by atoms with E-state index in [-0.39, 0.29) is 0 Å². The van der Waals surface area contributed by atoms with Crippen LogP contribution in [0.25, 0.3) is 27.9 Å².